The standard InChI is InChI=1S/C24H35N3O4S/c1-16(2)10-11-25-23(28)19-5-4-12-26(15-19)32(30,31)21-8-9-22-20(14-21)13-17(3)27(22)24(29)18-6-7-18/h8-9,14,16-19H,4-7,10-13,15H2,1-3H3,(H,25,28)/t17-,19-/m0/s1. The summed E-state index contributed by atoms with van der Waals surface area (Å²) in [5.41, 5.74) is 1.75. The molecule has 3 aliphatic rings. The zero-order chi connectivity index (χ0) is 23.0. The predicted molar refractivity (Wildman–Crippen MR) is 124 cm³/mol. The first-order chi connectivity index (χ1) is 15.2. The van der Waals surface area contributed by atoms with Crippen LogP contribution >= 0.6 is 0 Å². The molecule has 2 atom stereocenters. The lowest BCUT2D eigenvalue weighted by Crippen LogP contribution is -2.45. The first-order valence-corrected chi connectivity index (χ1v) is 13.4. The summed E-state index contributed by atoms with van der Waals surface area (Å²) in [5.74, 6) is 0.434. The number of amides is 2. The molecule has 0 radical (unpaired) electrons. The van der Waals surface area contributed by atoms with Crippen LogP contribution in [0.5, 0.6) is 0 Å². The average molecular weight is 462 g/mol. The highest BCUT2D eigenvalue weighted by Crippen LogP contribution is 2.40. The Morgan fingerprint density at radius 3 is 2.59 bits per heavy atom. The minimum Gasteiger partial charge on any atom is -0.356 e. The van der Waals surface area contributed by atoms with Gasteiger partial charge in [0.1, 0.15) is 0 Å². The third-order valence-corrected chi connectivity index (χ3v) is 8.71. The molecule has 2 aliphatic heterocycles. The Hall–Kier alpha value is -1.93. The van der Waals surface area contributed by atoms with Crippen molar-refractivity contribution in [2.45, 2.75) is 70.2 Å². The molecular weight excluding hydrogens is 426 g/mol. The number of nitrogens with zero attached hydrogens (tertiary/aromatic N) is 2. The van der Waals surface area contributed by atoms with Gasteiger partial charge in [-0.15, -0.1) is 0 Å². The maximum Gasteiger partial charge on any atom is 0.243 e. The summed E-state index contributed by atoms with van der Waals surface area (Å²) in [6.45, 7) is 7.51. The van der Waals surface area contributed by atoms with Gasteiger partial charge in [-0.25, -0.2) is 8.42 Å². The second-order valence-corrected chi connectivity index (χ2v) is 11.9. The minimum absolute atomic E-state index is 0.0463. The number of sulfonamides is 1. The van der Waals surface area contributed by atoms with E-state index in [1.165, 1.54) is 4.31 Å². The lowest BCUT2D eigenvalue weighted by atomic mass is 9.98. The van der Waals surface area contributed by atoms with Crippen molar-refractivity contribution in [3.63, 3.8) is 0 Å². The van der Waals surface area contributed by atoms with Crippen LogP contribution in [0.15, 0.2) is 23.1 Å². The zero-order valence-electron chi connectivity index (χ0n) is 19.3. The van der Waals surface area contributed by atoms with E-state index in [0.717, 1.165) is 30.5 Å². The normalized spacial score (nSPS) is 23.9. The third-order valence-electron chi connectivity index (χ3n) is 6.84. The van der Waals surface area contributed by atoms with Gasteiger partial charge < -0.3 is 10.2 Å². The van der Waals surface area contributed by atoms with Gasteiger partial charge in [-0.1, -0.05) is 13.8 Å². The Morgan fingerprint density at radius 1 is 1.16 bits per heavy atom. The molecule has 0 unspecified atom stereocenters. The van der Waals surface area contributed by atoms with Gasteiger partial charge in [-0.05, 0) is 75.1 Å². The molecule has 1 aromatic carbocycles. The molecule has 0 aromatic heterocycles. The van der Waals surface area contributed by atoms with Crippen molar-refractivity contribution in [2.75, 3.05) is 24.5 Å². The number of hydrogen-bond acceptors (Lipinski definition) is 4. The molecule has 1 saturated carbocycles. The van der Waals surface area contributed by atoms with Crippen LogP contribution in [-0.4, -0.2) is 50.2 Å². The Morgan fingerprint density at radius 2 is 1.91 bits per heavy atom. The Bertz CT molecular complexity index is 987. The van der Waals surface area contributed by atoms with Crippen LogP contribution in [0.2, 0.25) is 0 Å². The smallest absolute Gasteiger partial charge is 0.243 e. The van der Waals surface area contributed by atoms with Crippen LogP contribution in [0.25, 0.3) is 0 Å². The van der Waals surface area contributed by atoms with Gasteiger partial charge in [-0.3, -0.25) is 9.59 Å². The van der Waals surface area contributed by atoms with E-state index >= 15 is 0 Å². The number of carbonyl (C=O) groups excluding carboxylic acids is 2. The van der Waals surface area contributed by atoms with Crippen LogP contribution in [0.3, 0.4) is 0 Å². The quantitative estimate of drug-likeness (QED) is 0.676. The lowest BCUT2D eigenvalue weighted by Gasteiger charge is -2.31. The molecule has 2 amide bonds. The van der Waals surface area contributed by atoms with Crippen molar-refractivity contribution in [2.24, 2.45) is 17.8 Å². The highest BCUT2D eigenvalue weighted by atomic mass is 32.2. The number of hydrogen-bond donors (Lipinski definition) is 1. The third kappa shape index (κ3) is 4.71. The molecule has 7 nitrogen and oxygen atoms in total. The fourth-order valence-electron chi connectivity index (χ4n) is 4.78. The van der Waals surface area contributed by atoms with Crippen molar-refractivity contribution in [3.8, 4) is 0 Å². The molecule has 0 bridgehead atoms. The van der Waals surface area contributed by atoms with Gasteiger partial charge in [-0.2, -0.15) is 4.31 Å². The minimum atomic E-state index is -3.69. The number of fused-ring (bicyclic) bond motifs is 1. The first kappa shape index (κ1) is 23.2. The monoisotopic (exact) mass is 461 g/mol. The van der Waals surface area contributed by atoms with E-state index in [0.29, 0.717) is 38.3 Å². The lowest BCUT2D eigenvalue weighted by molar-refractivity contribution is -0.126. The SMILES string of the molecule is CC(C)CCNC(=O)[C@H]1CCCN(S(=O)(=O)c2ccc3c(c2)C[C@H](C)N3C(=O)C2CC2)C1. The summed E-state index contributed by atoms with van der Waals surface area (Å²) >= 11 is 0. The largest absolute Gasteiger partial charge is 0.356 e. The Labute approximate surface area is 191 Å². The average Bonchev–Trinajstić information content (AvgIpc) is 3.55. The van der Waals surface area contributed by atoms with Crippen molar-refractivity contribution >= 4 is 27.5 Å². The Balaban J connectivity index is 1.47. The van der Waals surface area contributed by atoms with Gasteiger partial charge in [0.25, 0.3) is 0 Å². The van der Waals surface area contributed by atoms with Gasteiger partial charge in [0.2, 0.25) is 21.8 Å². The molecule has 8 heteroatoms. The van der Waals surface area contributed by atoms with Crippen LogP contribution in [0.1, 0.15) is 58.4 Å². The molecule has 2 fully saturated rings. The molecule has 1 aliphatic carbocycles. The first-order valence-electron chi connectivity index (χ1n) is 11.9. The highest BCUT2D eigenvalue weighted by Gasteiger charge is 2.40. The van der Waals surface area contributed by atoms with E-state index in [9.17, 15) is 18.0 Å². The van der Waals surface area contributed by atoms with Crippen molar-refractivity contribution < 1.29 is 18.0 Å². The fourth-order valence-corrected chi connectivity index (χ4v) is 6.36. The van der Waals surface area contributed by atoms with Crippen LogP contribution in [0.4, 0.5) is 5.69 Å². The molecule has 0 spiro atoms. The number of rotatable bonds is 7. The van der Waals surface area contributed by atoms with Crippen LogP contribution in [0, 0.1) is 17.8 Å². The van der Waals surface area contributed by atoms with E-state index in [1.807, 2.05) is 11.8 Å². The second-order valence-electron chi connectivity index (χ2n) is 10.0. The van der Waals surface area contributed by atoms with E-state index in [1.54, 1.807) is 18.2 Å². The second kappa shape index (κ2) is 9.14. The molecule has 32 heavy (non-hydrogen) atoms. The van der Waals surface area contributed by atoms with Crippen LogP contribution < -0.4 is 10.2 Å². The molecule has 176 valence electrons. The molecular formula is C24H35N3O4S. The van der Waals surface area contributed by atoms with Crippen molar-refractivity contribution in [3.05, 3.63) is 23.8 Å². The van der Waals surface area contributed by atoms with Gasteiger partial charge in [0.05, 0.1) is 10.8 Å². The van der Waals surface area contributed by atoms with Crippen molar-refractivity contribution in [1.29, 1.82) is 0 Å². The Kier molecular flexibility index (Phi) is 6.63. The summed E-state index contributed by atoms with van der Waals surface area (Å²) in [6.07, 6.45) is 4.86. The van der Waals surface area contributed by atoms with Crippen molar-refractivity contribution in [1.82, 2.24) is 9.62 Å². The number of anilines is 1. The van der Waals surface area contributed by atoms with Crippen LogP contribution in [-0.2, 0) is 26.0 Å². The topological polar surface area (TPSA) is 86.8 Å². The summed E-state index contributed by atoms with van der Waals surface area (Å²) < 4.78 is 28.2. The summed E-state index contributed by atoms with van der Waals surface area (Å²) in [6, 6.07) is 5.18. The summed E-state index contributed by atoms with van der Waals surface area (Å²) in [4.78, 5) is 27.4. The van der Waals surface area contributed by atoms with E-state index in [4.69, 9.17) is 0 Å². The molecule has 1 aromatic rings. The maximum absolute atomic E-state index is 13.4. The zero-order valence-corrected chi connectivity index (χ0v) is 20.2. The maximum atomic E-state index is 13.4. The predicted octanol–water partition coefficient (Wildman–Crippen LogP) is 2.94. The van der Waals surface area contributed by atoms with E-state index in [2.05, 4.69) is 19.2 Å². The van der Waals surface area contributed by atoms with Gasteiger partial charge in [0.15, 0.2) is 0 Å². The number of benzene rings is 1. The molecule has 1 saturated heterocycles. The fraction of sp³-hybridized carbons (Fsp3) is 0.667. The summed E-state index contributed by atoms with van der Waals surface area (Å²) in [5, 5.41) is 2.97. The molecule has 1 N–H and O–H groups in total. The highest BCUT2D eigenvalue weighted by molar-refractivity contribution is 7.89. The van der Waals surface area contributed by atoms with Gasteiger partial charge >= 0.3 is 0 Å². The summed E-state index contributed by atoms with van der Waals surface area (Å²) in [7, 11) is -3.69. The molecule has 2 heterocycles. The number of piperidine rings is 1. The van der Waals surface area contributed by atoms with Gasteiger partial charge in [0, 0.05) is 37.3 Å². The number of carbonyl (C=O) groups is 2. The van der Waals surface area contributed by atoms with E-state index in [-0.39, 0.29) is 41.1 Å². The molecule has 4 rings (SSSR count). The van der Waals surface area contributed by atoms with E-state index < -0.39 is 10.0 Å². The number of nitrogens with one attached hydrogen (secondary N) is 1.